The molecule has 4 nitrogen and oxygen atoms in total. The van der Waals surface area contributed by atoms with Crippen molar-refractivity contribution in [2.75, 3.05) is 0 Å². The van der Waals surface area contributed by atoms with E-state index in [4.69, 9.17) is 4.42 Å². The lowest BCUT2D eigenvalue weighted by Gasteiger charge is -2.13. The maximum atomic E-state index is 11.4. The number of rotatable bonds is 5. The van der Waals surface area contributed by atoms with E-state index in [0.29, 0.717) is 6.04 Å². The van der Waals surface area contributed by atoms with Crippen LogP contribution >= 0.6 is 0 Å². The molecule has 0 aromatic carbocycles. The van der Waals surface area contributed by atoms with Crippen LogP contribution in [0.5, 0.6) is 0 Å². The Kier molecular flexibility index (Phi) is 3.49. The minimum atomic E-state index is -0.0468. The van der Waals surface area contributed by atoms with Gasteiger partial charge in [-0.1, -0.05) is 0 Å². The Labute approximate surface area is 95.4 Å². The first-order valence-electron chi connectivity index (χ1n) is 5.83. The van der Waals surface area contributed by atoms with E-state index in [2.05, 4.69) is 10.6 Å². The number of furan rings is 1. The molecule has 1 saturated carbocycles. The summed E-state index contributed by atoms with van der Waals surface area (Å²) in [5, 5.41) is 5.83. The van der Waals surface area contributed by atoms with Crippen molar-refractivity contribution in [1.29, 1.82) is 0 Å². The Morgan fingerprint density at radius 3 is 3.06 bits per heavy atom. The van der Waals surface area contributed by atoms with Gasteiger partial charge in [-0.15, -0.1) is 0 Å². The van der Waals surface area contributed by atoms with E-state index in [-0.39, 0.29) is 12.1 Å². The van der Waals surface area contributed by atoms with Gasteiger partial charge >= 0.3 is 6.03 Å². The lowest BCUT2D eigenvalue weighted by Crippen LogP contribution is -2.41. The molecule has 2 amide bonds. The van der Waals surface area contributed by atoms with Crippen LogP contribution in [0.25, 0.3) is 0 Å². The van der Waals surface area contributed by atoms with Gasteiger partial charge in [-0.2, -0.15) is 0 Å². The van der Waals surface area contributed by atoms with Gasteiger partial charge in [0.2, 0.25) is 0 Å². The maximum Gasteiger partial charge on any atom is 0.315 e. The SMILES string of the molecule is CC(CCc1ccco1)NC(=O)NC1CC1. The second-order valence-corrected chi connectivity index (χ2v) is 4.41. The summed E-state index contributed by atoms with van der Waals surface area (Å²) in [5.74, 6) is 0.969. The number of nitrogens with one attached hydrogen (secondary N) is 2. The van der Waals surface area contributed by atoms with E-state index in [1.54, 1.807) is 6.26 Å². The summed E-state index contributed by atoms with van der Waals surface area (Å²) < 4.78 is 5.24. The zero-order valence-corrected chi connectivity index (χ0v) is 9.53. The predicted octanol–water partition coefficient (Wildman–Crippen LogP) is 2.06. The maximum absolute atomic E-state index is 11.4. The Morgan fingerprint density at radius 1 is 1.62 bits per heavy atom. The van der Waals surface area contributed by atoms with Gasteiger partial charge in [0.25, 0.3) is 0 Å². The van der Waals surface area contributed by atoms with Gasteiger partial charge in [-0.3, -0.25) is 0 Å². The summed E-state index contributed by atoms with van der Waals surface area (Å²) in [5.41, 5.74) is 0. The molecule has 1 aliphatic carbocycles. The summed E-state index contributed by atoms with van der Waals surface area (Å²) in [7, 11) is 0. The molecule has 1 aliphatic rings. The fourth-order valence-corrected chi connectivity index (χ4v) is 1.56. The molecular weight excluding hydrogens is 204 g/mol. The van der Waals surface area contributed by atoms with Crippen LogP contribution in [0.1, 0.15) is 31.9 Å². The molecule has 88 valence electrons. The van der Waals surface area contributed by atoms with Crippen LogP contribution in [0.3, 0.4) is 0 Å². The molecule has 1 heterocycles. The number of hydrogen-bond acceptors (Lipinski definition) is 2. The number of hydrogen-bond donors (Lipinski definition) is 2. The second kappa shape index (κ2) is 5.05. The van der Waals surface area contributed by atoms with Crippen molar-refractivity contribution < 1.29 is 9.21 Å². The minimum absolute atomic E-state index is 0.0468. The number of aryl methyl sites for hydroxylation is 1. The predicted molar refractivity (Wildman–Crippen MR) is 61.2 cm³/mol. The Hall–Kier alpha value is -1.45. The molecule has 1 atom stereocenters. The first-order chi connectivity index (χ1) is 7.74. The Morgan fingerprint density at radius 2 is 2.44 bits per heavy atom. The van der Waals surface area contributed by atoms with Crippen LogP contribution in [0.4, 0.5) is 4.79 Å². The van der Waals surface area contributed by atoms with Gasteiger partial charge in [0.1, 0.15) is 5.76 Å². The minimum Gasteiger partial charge on any atom is -0.469 e. The average Bonchev–Trinajstić information content (AvgIpc) is 2.89. The van der Waals surface area contributed by atoms with Gasteiger partial charge < -0.3 is 15.1 Å². The fraction of sp³-hybridized carbons (Fsp3) is 0.583. The molecule has 1 fully saturated rings. The van der Waals surface area contributed by atoms with Crippen molar-refractivity contribution >= 4 is 6.03 Å². The summed E-state index contributed by atoms with van der Waals surface area (Å²) in [6, 6.07) is 4.38. The molecule has 1 aromatic heterocycles. The first-order valence-corrected chi connectivity index (χ1v) is 5.83. The van der Waals surface area contributed by atoms with Gasteiger partial charge in [0.05, 0.1) is 6.26 Å². The van der Waals surface area contributed by atoms with Gasteiger partial charge in [0.15, 0.2) is 0 Å². The lowest BCUT2D eigenvalue weighted by atomic mass is 10.1. The molecule has 2 N–H and O–H groups in total. The van der Waals surface area contributed by atoms with Crippen LogP contribution in [0, 0.1) is 0 Å². The molecule has 0 radical (unpaired) electrons. The normalized spacial score (nSPS) is 16.8. The number of carbonyl (C=O) groups excluding carboxylic acids is 1. The highest BCUT2D eigenvalue weighted by molar-refractivity contribution is 5.74. The fourth-order valence-electron chi connectivity index (χ4n) is 1.56. The van der Waals surface area contributed by atoms with Crippen LogP contribution in [0.2, 0.25) is 0 Å². The highest BCUT2D eigenvalue weighted by Crippen LogP contribution is 2.18. The van der Waals surface area contributed by atoms with Crippen molar-refractivity contribution in [2.45, 2.75) is 44.7 Å². The number of urea groups is 1. The average molecular weight is 222 g/mol. The highest BCUT2D eigenvalue weighted by atomic mass is 16.3. The summed E-state index contributed by atoms with van der Waals surface area (Å²) in [6.07, 6.45) is 5.67. The van der Waals surface area contributed by atoms with E-state index >= 15 is 0 Å². The van der Waals surface area contributed by atoms with Gasteiger partial charge in [-0.25, -0.2) is 4.79 Å². The monoisotopic (exact) mass is 222 g/mol. The largest absolute Gasteiger partial charge is 0.469 e. The molecule has 1 aromatic rings. The van der Waals surface area contributed by atoms with Gasteiger partial charge in [0, 0.05) is 18.5 Å². The van der Waals surface area contributed by atoms with E-state index in [0.717, 1.165) is 31.4 Å². The molecule has 0 spiro atoms. The highest BCUT2D eigenvalue weighted by Gasteiger charge is 2.23. The first kappa shape index (κ1) is 11.0. The summed E-state index contributed by atoms with van der Waals surface area (Å²) in [4.78, 5) is 11.4. The zero-order valence-electron chi connectivity index (χ0n) is 9.53. The number of carbonyl (C=O) groups is 1. The van der Waals surface area contributed by atoms with Crippen LogP contribution < -0.4 is 10.6 Å². The van der Waals surface area contributed by atoms with Gasteiger partial charge in [-0.05, 0) is 38.3 Å². The number of amides is 2. The van der Waals surface area contributed by atoms with E-state index < -0.39 is 0 Å². The molecule has 16 heavy (non-hydrogen) atoms. The van der Waals surface area contributed by atoms with Crippen molar-refractivity contribution in [1.82, 2.24) is 10.6 Å². The molecule has 0 aliphatic heterocycles. The third-order valence-electron chi connectivity index (χ3n) is 2.69. The Bertz CT molecular complexity index is 331. The smallest absolute Gasteiger partial charge is 0.315 e. The zero-order chi connectivity index (χ0) is 11.4. The summed E-state index contributed by atoms with van der Waals surface area (Å²) >= 11 is 0. The molecule has 0 bridgehead atoms. The molecular formula is C12H18N2O2. The lowest BCUT2D eigenvalue weighted by molar-refractivity contribution is 0.236. The van der Waals surface area contributed by atoms with Crippen molar-refractivity contribution in [3.05, 3.63) is 24.2 Å². The Balaban J connectivity index is 1.63. The molecule has 1 unspecified atom stereocenters. The van der Waals surface area contributed by atoms with E-state index in [9.17, 15) is 4.79 Å². The quantitative estimate of drug-likeness (QED) is 0.801. The van der Waals surface area contributed by atoms with Crippen LogP contribution in [-0.4, -0.2) is 18.1 Å². The third kappa shape index (κ3) is 3.61. The molecule has 2 rings (SSSR count). The van der Waals surface area contributed by atoms with E-state index in [1.165, 1.54) is 0 Å². The second-order valence-electron chi connectivity index (χ2n) is 4.41. The van der Waals surface area contributed by atoms with Crippen molar-refractivity contribution in [3.63, 3.8) is 0 Å². The third-order valence-corrected chi connectivity index (χ3v) is 2.69. The standard InChI is InChI=1S/C12H18N2O2/c1-9(4-7-11-3-2-8-16-11)13-12(15)14-10-5-6-10/h2-3,8-10H,4-7H2,1H3,(H2,13,14,15). The summed E-state index contributed by atoms with van der Waals surface area (Å²) in [6.45, 7) is 2.01. The van der Waals surface area contributed by atoms with Crippen molar-refractivity contribution in [3.8, 4) is 0 Å². The topological polar surface area (TPSA) is 54.3 Å². The molecule has 0 saturated heterocycles. The van der Waals surface area contributed by atoms with Crippen molar-refractivity contribution in [2.24, 2.45) is 0 Å². The van der Waals surface area contributed by atoms with E-state index in [1.807, 2.05) is 19.1 Å². The van der Waals surface area contributed by atoms with Crippen LogP contribution in [-0.2, 0) is 6.42 Å². The van der Waals surface area contributed by atoms with Crippen LogP contribution in [0.15, 0.2) is 22.8 Å². The molecule has 4 heteroatoms.